The van der Waals surface area contributed by atoms with E-state index in [9.17, 15) is 4.79 Å². The first-order valence-corrected chi connectivity index (χ1v) is 6.18. The summed E-state index contributed by atoms with van der Waals surface area (Å²) in [5, 5.41) is 2.89. The van der Waals surface area contributed by atoms with Gasteiger partial charge in [0.05, 0.1) is 0 Å². The minimum Gasteiger partial charge on any atom is -0.349 e. The topological polar surface area (TPSA) is 60.0 Å². The number of carbonyl (C=O) groups is 1. The normalized spacial score (nSPS) is 16.9. The van der Waals surface area contributed by atoms with Crippen molar-refractivity contribution in [3.8, 4) is 0 Å². The fourth-order valence-corrected chi connectivity index (χ4v) is 2.43. The van der Waals surface area contributed by atoms with Crippen LogP contribution in [0.1, 0.15) is 29.8 Å². The minimum absolute atomic E-state index is 0. The molecule has 17 heavy (non-hydrogen) atoms. The lowest BCUT2D eigenvalue weighted by Crippen LogP contribution is -2.55. The molecule has 1 aromatic heterocycles. The van der Waals surface area contributed by atoms with E-state index in [1.54, 1.807) is 10.6 Å². The second-order valence-corrected chi connectivity index (χ2v) is 5.47. The van der Waals surface area contributed by atoms with Crippen LogP contribution in [-0.4, -0.2) is 22.6 Å². The largest absolute Gasteiger partial charge is 0.349 e. The quantitative estimate of drug-likeness (QED) is 0.892. The van der Waals surface area contributed by atoms with Crippen molar-refractivity contribution in [3.63, 3.8) is 0 Å². The summed E-state index contributed by atoms with van der Waals surface area (Å²) in [4.78, 5) is 11.9. The van der Waals surface area contributed by atoms with E-state index in [1.807, 2.05) is 13.2 Å². The average Bonchev–Trinajstić information content (AvgIpc) is 2.51. The van der Waals surface area contributed by atoms with Gasteiger partial charge in [0, 0.05) is 29.8 Å². The summed E-state index contributed by atoms with van der Waals surface area (Å²) in [5.74, 6) is -0.0649. The summed E-state index contributed by atoms with van der Waals surface area (Å²) < 4.78 is 2.70. The number of nitrogens with zero attached hydrogens (tertiary/aromatic N) is 1. The Kier molecular flexibility index (Phi) is 4.63. The van der Waals surface area contributed by atoms with Crippen molar-refractivity contribution in [3.05, 3.63) is 22.4 Å². The summed E-state index contributed by atoms with van der Waals surface area (Å²) in [6.07, 6.45) is 5.03. The third-order valence-corrected chi connectivity index (χ3v) is 3.59. The number of carbonyl (C=O) groups excluding carboxylic acids is 1. The highest BCUT2D eigenvalue weighted by molar-refractivity contribution is 9.10. The third-order valence-electron chi connectivity index (χ3n) is 3.15. The van der Waals surface area contributed by atoms with Crippen molar-refractivity contribution in [2.24, 2.45) is 12.8 Å². The molecule has 0 spiro atoms. The molecule has 0 atom stereocenters. The van der Waals surface area contributed by atoms with Gasteiger partial charge < -0.3 is 15.6 Å². The van der Waals surface area contributed by atoms with Crippen LogP contribution in [0, 0.1) is 0 Å². The van der Waals surface area contributed by atoms with E-state index in [0.29, 0.717) is 12.2 Å². The SMILES string of the molecule is Cl.Cn1cc(Br)cc1C(=O)NCC1(N)CCC1. The molecule has 0 bridgehead atoms. The monoisotopic (exact) mass is 321 g/mol. The molecule has 1 saturated carbocycles. The Balaban J connectivity index is 0.00000144. The standard InChI is InChI=1S/C11H16BrN3O.ClH/c1-15-6-8(12)5-9(15)10(16)14-7-11(13)3-2-4-11;/h5-6H,2-4,7,13H2,1H3,(H,14,16);1H. The van der Waals surface area contributed by atoms with Crippen molar-refractivity contribution in [1.82, 2.24) is 9.88 Å². The summed E-state index contributed by atoms with van der Waals surface area (Å²) in [6, 6.07) is 1.80. The Morgan fingerprint density at radius 3 is 2.71 bits per heavy atom. The maximum absolute atomic E-state index is 11.9. The van der Waals surface area contributed by atoms with E-state index in [1.165, 1.54) is 6.42 Å². The highest BCUT2D eigenvalue weighted by Gasteiger charge is 2.32. The summed E-state index contributed by atoms with van der Waals surface area (Å²) in [6.45, 7) is 0.564. The maximum atomic E-state index is 11.9. The molecule has 1 aromatic rings. The predicted molar refractivity (Wildman–Crippen MR) is 73.5 cm³/mol. The van der Waals surface area contributed by atoms with Gasteiger partial charge in [-0.2, -0.15) is 0 Å². The number of nitrogens with one attached hydrogen (secondary N) is 1. The second kappa shape index (κ2) is 5.42. The molecular weight excluding hydrogens is 305 g/mol. The molecule has 0 radical (unpaired) electrons. The van der Waals surface area contributed by atoms with Gasteiger partial charge in [0.15, 0.2) is 0 Å². The molecule has 0 unspecified atom stereocenters. The van der Waals surface area contributed by atoms with Crippen LogP contribution in [0.4, 0.5) is 0 Å². The molecule has 1 amide bonds. The van der Waals surface area contributed by atoms with E-state index >= 15 is 0 Å². The van der Waals surface area contributed by atoms with Crippen LogP contribution in [0.15, 0.2) is 16.7 Å². The number of hydrogen-bond acceptors (Lipinski definition) is 2. The first-order chi connectivity index (χ1) is 7.50. The van der Waals surface area contributed by atoms with Crippen molar-refractivity contribution in [1.29, 1.82) is 0 Å². The lowest BCUT2D eigenvalue weighted by atomic mass is 9.78. The Morgan fingerprint density at radius 2 is 2.29 bits per heavy atom. The van der Waals surface area contributed by atoms with Gasteiger partial charge in [-0.15, -0.1) is 12.4 Å². The van der Waals surface area contributed by atoms with E-state index in [0.717, 1.165) is 17.3 Å². The Bertz CT molecular complexity index is 415. The fourth-order valence-electron chi connectivity index (χ4n) is 1.90. The fraction of sp³-hybridized carbons (Fsp3) is 0.545. The maximum Gasteiger partial charge on any atom is 0.267 e. The molecule has 0 saturated heterocycles. The number of halogens is 2. The van der Waals surface area contributed by atoms with E-state index in [-0.39, 0.29) is 23.9 Å². The van der Waals surface area contributed by atoms with Gasteiger partial charge in [-0.3, -0.25) is 4.79 Å². The number of amides is 1. The highest BCUT2D eigenvalue weighted by Crippen LogP contribution is 2.28. The Morgan fingerprint density at radius 1 is 1.65 bits per heavy atom. The van der Waals surface area contributed by atoms with E-state index < -0.39 is 0 Å². The van der Waals surface area contributed by atoms with Crippen LogP contribution in [0.5, 0.6) is 0 Å². The number of aryl methyl sites for hydroxylation is 1. The molecule has 6 heteroatoms. The van der Waals surface area contributed by atoms with Gasteiger partial charge in [-0.05, 0) is 41.3 Å². The van der Waals surface area contributed by atoms with Gasteiger partial charge in [-0.25, -0.2) is 0 Å². The zero-order valence-electron chi connectivity index (χ0n) is 9.70. The number of hydrogen-bond donors (Lipinski definition) is 2. The summed E-state index contributed by atoms with van der Waals surface area (Å²) >= 11 is 3.34. The number of rotatable bonds is 3. The molecule has 1 aliphatic carbocycles. The van der Waals surface area contributed by atoms with Crippen molar-refractivity contribution < 1.29 is 4.79 Å². The first kappa shape index (κ1) is 14.5. The number of aromatic nitrogens is 1. The van der Waals surface area contributed by atoms with E-state index in [4.69, 9.17) is 5.73 Å². The Labute approximate surface area is 115 Å². The zero-order chi connectivity index (χ0) is 11.8. The van der Waals surface area contributed by atoms with Crippen LogP contribution in [0.3, 0.4) is 0 Å². The lowest BCUT2D eigenvalue weighted by molar-refractivity contribution is 0.0921. The molecule has 1 heterocycles. The van der Waals surface area contributed by atoms with Gasteiger partial charge in [0.1, 0.15) is 5.69 Å². The van der Waals surface area contributed by atoms with Gasteiger partial charge in [0.2, 0.25) is 0 Å². The first-order valence-electron chi connectivity index (χ1n) is 5.39. The lowest BCUT2D eigenvalue weighted by Gasteiger charge is -2.38. The molecule has 1 fully saturated rings. The highest BCUT2D eigenvalue weighted by atomic mass is 79.9. The molecule has 0 aliphatic heterocycles. The minimum atomic E-state index is -0.169. The van der Waals surface area contributed by atoms with Crippen LogP contribution in [0.2, 0.25) is 0 Å². The number of nitrogens with two attached hydrogens (primary N) is 1. The summed E-state index contributed by atoms with van der Waals surface area (Å²) in [7, 11) is 1.85. The van der Waals surface area contributed by atoms with Gasteiger partial charge in [0.25, 0.3) is 5.91 Å². The molecule has 96 valence electrons. The van der Waals surface area contributed by atoms with Crippen LogP contribution >= 0.6 is 28.3 Å². The Hall–Kier alpha value is -0.520. The molecule has 1 aliphatic rings. The molecule has 2 rings (SSSR count). The van der Waals surface area contributed by atoms with Gasteiger partial charge in [-0.1, -0.05) is 0 Å². The molecular formula is C11H17BrClN3O. The van der Waals surface area contributed by atoms with Crippen molar-refractivity contribution >= 4 is 34.2 Å². The molecule has 4 nitrogen and oxygen atoms in total. The van der Waals surface area contributed by atoms with Crippen molar-refractivity contribution in [2.75, 3.05) is 6.54 Å². The zero-order valence-corrected chi connectivity index (χ0v) is 12.1. The van der Waals surface area contributed by atoms with Crippen molar-refractivity contribution in [2.45, 2.75) is 24.8 Å². The second-order valence-electron chi connectivity index (χ2n) is 4.55. The molecule has 3 N–H and O–H groups in total. The predicted octanol–water partition coefficient (Wildman–Crippen LogP) is 1.82. The van der Waals surface area contributed by atoms with Gasteiger partial charge >= 0.3 is 0 Å². The van der Waals surface area contributed by atoms with E-state index in [2.05, 4.69) is 21.2 Å². The molecule has 0 aromatic carbocycles. The van der Waals surface area contributed by atoms with Crippen LogP contribution in [0.25, 0.3) is 0 Å². The average molecular weight is 323 g/mol. The van der Waals surface area contributed by atoms with Crippen LogP contribution < -0.4 is 11.1 Å². The van der Waals surface area contributed by atoms with Crippen LogP contribution in [-0.2, 0) is 7.05 Å². The third kappa shape index (κ3) is 3.24. The smallest absolute Gasteiger partial charge is 0.267 e. The summed E-state index contributed by atoms with van der Waals surface area (Å²) in [5.41, 5.74) is 6.52.